The summed E-state index contributed by atoms with van der Waals surface area (Å²) in [6, 6.07) is 7.04. The molecule has 1 saturated heterocycles. The summed E-state index contributed by atoms with van der Waals surface area (Å²) in [5.41, 5.74) is 1.66. The quantitative estimate of drug-likeness (QED) is 0.806. The lowest BCUT2D eigenvalue weighted by Gasteiger charge is -2.31. The molecule has 1 aromatic heterocycles. The van der Waals surface area contributed by atoms with Crippen LogP contribution in [0.15, 0.2) is 34.9 Å². The maximum atomic E-state index is 12.4. The van der Waals surface area contributed by atoms with Crippen LogP contribution in [0.2, 0.25) is 0 Å². The Kier molecular flexibility index (Phi) is 4.72. The molecule has 0 spiro atoms. The van der Waals surface area contributed by atoms with Gasteiger partial charge in [-0.3, -0.25) is 9.59 Å². The van der Waals surface area contributed by atoms with E-state index in [4.69, 9.17) is 13.9 Å². The zero-order valence-electron chi connectivity index (χ0n) is 15.1. The van der Waals surface area contributed by atoms with Gasteiger partial charge in [-0.1, -0.05) is 0 Å². The second kappa shape index (κ2) is 7.32. The predicted octanol–water partition coefficient (Wildman–Crippen LogP) is 0.296. The van der Waals surface area contributed by atoms with Crippen LogP contribution in [0.25, 0.3) is 0 Å². The summed E-state index contributed by atoms with van der Waals surface area (Å²) in [5, 5.41) is 2.95. The van der Waals surface area contributed by atoms with Gasteiger partial charge in [-0.05, 0) is 30.7 Å². The third-order valence-electron chi connectivity index (χ3n) is 4.89. The molecule has 2 N–H and O–H groups in total. The Morgan fingerprint density at radius 3 is 2.63 bits per heavy atom. The maximum Gasteiger partial charge on any atom is 0.289 e. The van der Waals surface area contributed by atoms with Crippen LogP contribution >= 0.6 is 0 Å². The third-order valence-corrected chi connectivity index (χ3v) is 4.89. The topological polar surface area (TPSA) is 85.5 Å². The Bertz CT molecular complexity index is 841. The molecule has 2 aliphatic heterocycles. The molecule has 4 rings (SSSR count). The van der Waals surface area contributed by atoms with Crippen LogP contribution in [0.5, 0.6) is 11.5 Å². The fourth-order valence-electron chi connectivity index (χ4n) is 3.36. The van der Waals surface area contributed by atoms with Gasteiger partial charge >= 0.3 is 0 Å². The Morgan fingerprint density at radius 2 is 1.93 bits per heavy atom. The van der Waals surface area contributed by atoms with Crippen molar-refractivity contribution in [2.45, 2.75) is 6.92 Å². The number of rotatable bonds is 4. The minimum absolute atomic E-state index is 0.0576. The lowest BCUT2D eigenvalue weighted by molar-refractivity contribution is -0.895. The highest BCUT2D eigenvalue weighted by Gasteiger charge is 2.27. The first-order chi connectivity index (χ1) is 13.1. The molecule has 27 heavy (non-hydrogen) atoms. The summed E-state index contributed by atoms with van der Waals surface area (Å²) in [4.78, 5) is 27.6. The number of amides is 2. The summed E-state index contributed by atoms with van der Waals surface area (Å²) in [5.74, 6) is 1.55. The predicted molar refractivity (Wildman–Crippen MR) is 96.1 cm³/mol. The zero-order chi connectivity index (χ0) is 18.8. The fraction of sp³-hybridized carbons (Fsp3) is 0.368. The van der Waals surface area contributed by atoms with Crippen LogP contribution in [-0.2, 0) is 4.79 Å². The summed E-state index contributed by atoms with van der Waals surface area (Å²) in [6.07, 6.45) is 1.50. The Hall–Kier alpha value is -3.00. The molecular formula is C19H22N3O5+. The number of nitrogens with zero attached hydrogens (tertiary/aromatic N) is 1. The first-order valence-electron chi connectivity index (χ1n) is 8.96. The lowest BCUT2D eigenvalue weighted by Crippen LogP contribution is -3.15. The molecule has 0 aliphatic carbocycles. The molecule has 0 bridgehead atoms. The number of carbonyl (C=O) groups is 2. The molecule has 3 heterocycles. The van der Waals surface area contributed by atoms with Gasteiger partial charge in [-0.25, -0.2) is 0 Å². The first kappa shape index (κ1) is 17.4. The number of fused-ring (bicyclic) bond motifs is 1. The van der Waals surface area contributed by atoms with E-state index in [9.17, 15) is 9.59 Å². The van der Waals surface area contributed by atoms with E-state index >= 15 is 0 Å². The summed E-state index contributed by atoms with van der Waals surface area (Å²) >= 11 is 0. The number of nitrogens with one attached hydrogen (secondary N) is 2. The number of hydrogen-bond acceptors (Lipinski definition) is 5. The molecule has 1 fully saturated rings. The largest absolute Gasteiger partial charge is 0.459 e. The van der Waals surface area contributed by atoms with Gasteiger partial charge in [-0.15, -0.1) is 0 Å². The monoisotopic (exact) mass is 372 g/mol. The van der Waals surface area contributed by atoms with Crippen molar-refractivity contribution < 1.29 is 28.4 Å². The Balaban J connectivity index is 1.29. The van der Waals surface area contributed by atoms with Crippen molar-refractivity contribution in [2.75, 3.05) is 44.8 Å². The van der Waals surface area contributed by atoms with Gasteiger partial charge in [0.2, 0.25) is 6.79 Å². The highest BCUT2D eigenvalue weighted by Crippen LogP contribution is 2.36. The Labute approximate surface area is 156 Å². The van der Waals surface area contributed by atoms with Crippen LogP contribution in [0.3, 0.4) is 0 Å². The number of hydrogen-bond donors (Lipinski definition) is 2. The molecule has 8 heteroatoms. The van der Waals surface area contributed by atoms with Crippen LogP contribution < -0.4 is 19.7 Å². The van der Waals surface area contributed by atoms with Crippen molar-refractivity contribution in [3.63, 3.8) is 0 Å². The minimum atomic E-state index is -0.0977. The van der Waals surface area contributed by atoms with Crippen molar-refractivity contribution in [3.8, 4) is 11.5 Å². The molecule has 0 saturated carbocycles. The van der Waals surface area contributed by atoms with E-state index in [-0.39, 0.29) is 18.6 Å². The highest BCUT2D eigenvalue weighted by atomic mass is 16.7. The second-order valence-electron chi connectivity index (χ2n) is 6.76. The van der Waals surface area contributed by atoms with Crippen LogP contribution in [-0.4, -0.2) is 56.2 Å². The number of aryl methyl sites for hydroxylation is 1. The SMILES string of the molecule is Cc1cc2c(cc1NC(=O)C[NH+]1CCN(C(=O)c3ccco3)CC1)OCO2. The van der Waals surface area contributed by atoms with Gasteiger partial charge < -0.3 is 29.0 Å². The molecule has 8 nitrogen and oxygen atoms in total. The number of benzene rings is 1. The van der Waals surface area contributed by atoms with Gasteiger partial charge in [0.25, 0.3) is 11.8 Å². The number of carbonyl (C=O) groups excluding carboxylic acids is 2. The van der Waals surface area contributed by atoms with E-state index in [2.05, 4.69) is 5.32 Å². The molecule has 0 atom stereocenters. The lowest BCUT2D eigenvalue weighted by atomic mass is 10.1. The third kappa shape index (κ3) is 3.75. The van der Waals surface area contributed by atoms with E-state index < -0.39 is 0 Å². The van der Waals surface area contributed by atoms with Crippen LogP contribution in [0.4, 0.5) is 5.69 Å². The van der Waals surface area contributed by atoms with Gasteiger partial charge in [0.1, 0.15) is 0 Å². The van der Waals surface area contributed by atoms with E-state index in [0.29, 0.717) is 36.9 Å². The Morgan fingerprint density at radius 1 is 1.19 bits per heavy atom. The summed E-state index contributed by atoms with van der Waals surface area (Å²) < 4.78 is 15.9. The number of quaternary nitrogens is 1. The molecule has 1 aromatic carbocycles. The van der Waals surface area contributed by atoms with Crippen LogP contribution in [0.1, 0.15) is 16.1 Å². The molecule has 0 unspecified atom stereocenters. The highest BCUT2D eigenvalue weighted by molar-refractivity contribution is 5.93. The van der Waals surface area contributed by atoms with Gasteiger partial charge in [0, 0.05) is 11.8 Å². The van der Waals surface area contributed by atoms with Gasteiger partial charge in [0.15, 0.2) is 23.8 Å². The molecule has 0 radical (unpaired) electrons. The first-order valence-corrected chi connectivity index (χ1v) is 8.96. The average molecular weight is 372 g/mol. The van der Waals surface area contributed by atoms with Crippen molar-refractivity contribution in [2.24, 2.45) is 0 Å². The van der Waals surface area contributed by atoms with E-state index in [1.807, 2.05) is 13.0 Å². The maximum absolute atomic E-state index is 12.4. The normalized spacial score (nSPS) is 16.4. The van der Waals surface area contributed by atoms with E-state index in [1.165, 1.54) is 6.26 Å². The van der Waals surface area contributed by atoms with Gasteiger partial charge in [0.05, 0.1) is 32.4 Å². The summed E-state index contributed by atoms with van der Waals surface area (Å²) in [6.45, 7) is 5.13. The standard InChI is InChI=1S/C19H21N3O5/c1-13-9-16-17(27-12-26-16)10-14(13)20-18(23)11-21-4-6-22(7-5-21)19(24)15-3-2-8-25-15/h2-3,8-10H,4-7,11-12H2,1H3,(H,20,23)/p+1. The molecule has 142 valence electrons. The number of anilines is 1. The fourth-order valence-corrected chi connectivity index (χ4v) is 3.36. The van der Waals surface area contributed by atoms with Crippen molar-refractivity contribution in [1.29, 1.82) is 0 Å². The van der Waals surface area contributed by atoms with Gasteiger partial charge in [-0.2, -0.15) is 0 Å². The molecule has 2 amide bonds. The van der Waals surface area contributed by atoms with Crippen molar-refractivity contribution in [1.82, 2.24) is 4.90 Å². The van der Waals surface area contributed by atoms with Crippen molar-refractivity contribution in [3.05, 3.63) is 41.9 Å². The van der Waals surface area contributed by atoms with E-state index in [1.54, 1.807) is 23.1 Å². The minimum Gasteiger partial charge on any atom is -0.459 e. The number of ether oxygens (including phenoxy) is 2. The molecule has 2 aliphatic rings. The number of furan rings is 1. The smallest absolute Gasteiger partial charge is 0.289 e. The van der Waals surface area contributed by atoms with Crippen molar-refractivity contribution >= 4 is 17.5 Å². The molecule has 2 aromatic rings. The van der Waals surface area contributed by atoms with Crippen LogP contribution in [0, 0.1) is 6.92 Å². The second-order valence-corrected chi connectivity index (χ2v) is 6.76. The molecular weight excluding hydrogens is 350 g/mol. The average Bonchev–Trinajstić information content (AvgIpc) is 3.33. The summed E-state index contributed by atoms with van der Waals surface area (Å²) in [7, 11) is 0. The van der Waals surface area contributed by atoms with E-state index in [0.717, 1.165) is 29.2 Å². The zero-order valence-corrected chi connectivity index (χ0v) is 15.1. The number of piperazine rings is 1.